The van der Waals surface area contributed by atoms with Crippen LogP contribution >= 0.6 is 0 Å². The Balaban J connectivity index is 0.000000875. The van der Waals surface area contributed by atoms with E-state index in [1.54, 1.807) is 0 Å². The molecule has 3 aromatic carbocycles. The first-order chi connectivity index (χ1) is 21.8. The Labute approximate surface area is 278 Å². The molecule has 0 aromatic heterocycles. The lowest BCUT2D eigenvalue weighted by Crippen LogP contribution is -2.43. The van der Waals surface area contributed by atoms with Gasteiger partial charge in [0.2, 0.25) is 0 Å². The number of para-hydroxylation sites is 1. The average molecular weight is 619 g/mol. The fraction of sp³-hybridized carbons (Fsp3) is 0.341. The number of nitrogens with one attached hydrogen (secondary N) is 4. The van der Waals surface area contributed by atoms with E-state index in [0.29, 0.717) is 24.1 Å². The lowest BCUT2D eigenvalue weighted by molar-refractivity contribution is 0.0924. The zero-order valence-corrected chi connectivity index (χ0v) is 28.7. The van der Waals surface area contributed by atoms with E-state index < -0.39 is 0 Å². The fourth-order valence-electron chi connectivity index (χ4n) is 5.25. The van der Waals surface area contributed by atoms with Crippen molar-refractivity contribution in [2.24, 2.45) is 10.8 Å². The number of benzene rings is 3. The van der Waals surface area contributed by atoms with Gasteiger partial charge in [-0.3, -0.25) is 4.79 Å². The molecule has 4 N–H and O–H groups in total. The molecule has 1 saturated carbocycles. The van der Waals surface area contributed by atoms with Crippen LogP contribution in [0.4, 0.5) is 11.4 Å². The molecule has 0 saturated heterocycles. The van der Waals surface area contributed by atoms with Crippen molar-refractivity contribution in [2.75, 3.05) is 17.2 Å². The second kappa shape index (κ2) is 16.7. The molecule has 46 heavy (non-hydrogen) atoms. The van der Waals surface area contributed by atoms with Gasteiger partial charge in [-0.25, -0.2) is 0 Å². The summed E-state index contributed by atoms with van der Waals surface area (Å²) in [4.78, 5) is 12.9. The van der Waals surface area contributed by atoms with Gasteiger partial charge >= 0.3 is 0 Å². The van der Waals surface area contributed by atoms with Crippen molar-refractivity contribution in [1.82, 2.24) is 10.6 Å². The SMILES string of the molecule is C=C(Nc1ccc(CNC(=C)C2(CNC(=O)c3ccc(C(=C)C)cc3)CCCCC2)cc1)Nc1ccccc1C.C=CC(C)(C)C. The van der Waals surface area contributed by atoms with Crippen LogP contribution in [0.1, 0.15) is 86.8 Å². The number of aryl methyl sites for hydroxylation is 1. The lowest BCUT2D eigenvalue weighted by atomic mass is 9.71. The second-order valence-electron chi connectivity index (χ2n) is 13.5. The molecule has 3 aromatic rings. The number of anilines is 2. The monoisotopic (exact) mass is 618 g/mol. The highest BCUT2D eigenvalue weighted by Gasteiger charge is 2.35. The number of hydrogen-bond donors (Lipinski definition) is 4. The number of allylic oxidation sites excluding steroid dienone is 2. The first-order valence-electron chi connectivity index (χ1n) is 16.3. The normalized spacial score (nSPS) is 13.7. The maximum absolute atomic E-state index is 12.9. The zero-order chi connectivity index (χ0) is 33.7. The number of carbonyl (C=O) groups is 1. The topological polar surface area (TPSA) is 65.2 Å². The van der Waals surface area contributed by atoms with Gasteiger partial charge in [-0.05, 0) is 79.1 Å². The average Bonchev–Trinajstić information content (AvgIpc) is 3.04. The standard InChI is InChI=1S/C35H42N4O.C6H12/c1-25(2)30-15-17-31(18-16-30)34(40)37-24-35(21-9-6-10-22-35)27(4)36-23-29-13-19-32(20-14-29)38-28(5)39-33-12-8-7-11-26(33)3;1-5-6(2,3)4/h7-8,11-20,36,38-39H,1,4-6,9-10,21-24H2,2-3H3,(H,37,40);5H,1H2,2-4H3. The molecule has 0 radical (unpaired) electrons. The quantitative estimate of drug-likeness (QED) is 0.153. The fourth-order valence-corrected chi connectivity index (χ4v) is 5.25. The third-order valence-corrected chi connectivity index (χ3v) is 8.48. The van der Waals surface area contributed by atoms with Crippen LogP contribution < -0.4 is 21.3 Å². The molecule has 0 spiro atoms. The molecule has 0 aliphatic heterocycles. The molecule has 0 atom stereocenters. The summed E-state index contributed by atoms with van der Waals surface area (Å²) in [5, 5.41) is 13.4. The van der Waals surface area contributed by atoms with Crippen LogP contribution in [0, 0.1) is 17.8 Å². The maximum Gasteiger partial charge on any atom is 0.251 e. The van der Waals surface area contributed by atoms with E-state index in [1.165, 1.54) is 12.0 Å². The van der Waals surface area contributed by atoms with Crippen molar-refractivity contribution in [1.29, 1.82) is 0 Å². The summed E-state index contributed by atoms with van der Waals surface area (Å²) in [5.74, 6) is 0.675. The first-order valence-corrected chi connectivity index (χ1v) is 16.3. The number of carbonyl (C=O) groups excluding carboxylic acids is 1. The minimum absolute atomic E-state index is 0.0485. The summed E-state index contributed by atoms with van der Waals surface area (Å²) in [6.07, 6.45) is 7.49. The van der Waals surface area contributed by atoms with Crippen LogP contribution in [0.25, 0.3) is 5.57 Å². The highest BCUT2D eigenvalue weighted by atomic mass is 16.1. The van der Waals surface area contributed by atoms with Crippen LogP contribution in [-0.2, 0) is 6.54 Å². The third-order valence-electron chi connectivity index (χ3n) is 8.48. The molecule has 244 valence electrons. The van der Waals surface area contributed by atoms with E-state index in [4.69, 9.17) is 0 Å². The minimum Gasteiger partial charge on any atom is -0.384 e. The Morgan fingerprint density at radius 2 is 1.41 bits per heavy atom. The zero-order valence-electron chi connectivity index (χ0n) is 28.7. The highest BCUT2D eigenvalue weighted by Crippen LogP contribution is 2.40. The molecule has 5 nitrogen and oxygen atoms in total. The van der Waals surface area contributed by atoms with Crippen LogP contribution in [-0.4, -0.2) is 12.5 Å². The van der Waals surface area contributed by atoms with E-state index >= 15 is 0 Å². The Morgan fingerprint density at radius 1 is 0.826 bits per heavy atom. The Hall–Kier alpha value is -4.51. The lowest BCUT2D eigenvalue weighted by Gasteiger charge is -2.39. The van der Waals surface area contributed by atoms with E-state index in [-0.39, 0.29) is 11.3 Å². The second-order valence-corrected chi connectivity index (χ2v) is 13.5. The van der Waals surface area contributed by atoms with Crippen molar-refractivity contribution < 1.29 is 4.79 Å². The molecule has 1 aliphatic rings. The highest BCUT2D eigenvalue weighted by molar-refractivity contribution is 5.94. The maximum atomic E-state index is 12.9. The van der Waals surface area contributed by atoms with Gasteiger partial charge in [0, 0.05) is 41.1 Å². The molecule has 4 rings (SSSR count). The van der Waals surface area contributed by atoms with Crippen molar-refractivity contribution in [3.05, 3.63) is 139 Å². The molecule has 0 heterocycles. The van der Waals surface area contributed by atoms with Crippen molar-refractivity contribution >= 4 is 22.9 Å². The number of hydrogen-bond acceptors (Lipinski definition) is 4. The van der Waals surface area contributed by atoms with E-state index in [2.05, 4.69) is 106 Å². The van der Waals surface area contributed by atoms with Gasteiger partial charge in [-0.15, -0.1) is 6.58 Å². The van der Waals surface area contributed by atoms with E-state index in [0.717, 1.165) is 65.3 Å². The predicted molar refractivity (Wildman–Crippen MR) is 199 cm³/mol. The Bertz CT molecular complexity index is 1490. The molecule has 1 amide bonds. The molecule has 1 fully saturated rings. The number of rotatable bonds is 12. The third kappa shape index (κ3) is 11.1. The van der Waals surface area contributed by atoms with E-state index in [1.807, 2.05) is 55.5 Å². The first kappa shape index (κ1) is 36.0. The van der Waals surface area contributed by atoms with Gasteiger partial charge in [0.15, 0.2) is 0 Å². The van der Waals surface area contributed by atoms with Gasteiger partial charge in [0.1, 0.15) is 5.82 Å². The summed E-state index contributed by atoms with van der Waals surface area (Å²) in [6.45, 7) is 27.8. The van der Waals surface area contributed by atoms with Crippen LogP contribution in [0.3, 0.4) is 0 Å². The van der Waals surface area contributed by atoms with Crippen molar-refractivity contribution in [3.63, 3.8) is 0 Å². The molecular formula is C41H54N4O. The molecule has 1 aliphatic carbocycles. The minimum atomic E-state index is -0.147. The van der Waals surface area contributed by atoms with Gasteiger partial charge in [0.25, 0.3) is 5.91 Å². The Kier molecular flexibility index (Phi) is 13.1. The van der Waals surface area contributed by atoms with Gasteiger partial charge in [0.05, 0.1) is 0 Å². The summed E-state index contributed by atoms with van der Waals surface area (Å²) < 4.78 is 0. The van der Waals surface area contributed by atoms with Crippen LogP contribution in [0.2, 0.25) is 0 Å². The smallest absolute Gasteiger partial charge is 0.251 e. The Morgan fingerprint density at radius 3 is 1.98 bits per heavy atom. The summed E-state index contributed by atoms with van der Waals surface area (Å²) >= 11 is 0. The van der Waals surface area contributed by atoms with Gasteiger partial charge < -0.3 is 21.3 Å². The molecule has 0 bridgehead atoms. The summed E-state index contributed by atoms with van der Waals surface area (Å²) in [5.41, 5.74) is 8.20. The summed E-state index contributed by atoms with van der Waals surface area (Å²) in [6, 6.07) is 24.1. The van der Waals surface area contributed by atoms with Gasteiger partial charge in [-0.1, -0.05) is 114 Å². The summed E-state index contributed by atoms with van der Waals surface area (Å²) in [7, 11) is 0. The van der Waals surface area contributed by atoms with Crippen molar-refractivity contribution in [3.8, 4) is 0 Å². The largest absolute Gasteiger partial charge is 0.384 e. The molecule has 5 heteroatoms. The molecule has 0 unspecified atom stereocenters. The van der Waals surface area contributed by atoms with Gasteiger partial charge in [-0.2, -0.15) is 0 Å². The number of amides is 1. The van der Waals surface area contributed by atoms with E-state index in [9.17, 15) is 4.79 Å². The molecular weight excluding hydrogens is 564 g/mol. The van der Waals surface area contributed by atoms with Crippen LogP contribution in [0.5, 0.6) is 0 Å². The van der Waals surface area contributed by atoms with Crippen molar-refractivity contribution in [2.45, 2.75) is 73.3 Å². The predicted octanol–water partition coefficient (Wildman–Crippen LogP) is 10.2. The van der Waals surface area contributed by atoms with Crippen LogP contribution in [0.15, 0.2) is 117 Å².